The molecule has 0 saturated carbocycles. The summed E-state index contributed by atoms with van der Waals surface area (Å²) in [5, 5.41) is 17.6. The van der Waals surface area contributed by atoms with Crippen LogP contribution in [0.1, 0.15) is 29.5 Å². The number of likely N-dealkylation sites (tertiary alicyclic amines) is 1. The van der Waals surface area contributed by atoms with Crippen molar-refractivity contribution in [2.45, 2.75) is 25.4 Å². The third-order valence-electron chi connectivity index (χ3n) is 6.72. The van der Waals surface area contributed by atoms with Gasteiger partial charge in [-0.3, -0.25) is 24.6 Å². The van der Waals surface area contributed by atoms with E-state index in [1.807, 2.05) is 54.6 Å². The maximum Gasteiger partial charge on any atom is 0.323 e. The monoisotopic (exact) mass is 498 g/mol. The van der Waals surface area contributed by atoms with Gasteiger partial charge in [0, 0.05) is 35.6 Å². The minimum atomic E-state index is -0.472. The first kappa shape index (κ1) is 24.2. The van der Waals surface area contributed by atoms with Crippen molar-refractivity contribution >= 4 is 40.2 Å². The fraction of sp³-hybridized carbons (Fsp3) is 0.214. The molecule has 37 heavy (non-hydrogen) atoms. The van der Waals surface area contributed by atoms with Crippen LogP contribution in [0.3, 0.4) is 0 Å². The van der Waals surface area contributed by atoms with E-state index in [0.29, 0.717) is 29.1 Å². The predicted octanol–water partition coefficient (Wildman–Crippen LogP) is 4.66. The molecule has 1 amide bonds. The van der Waals surface area contributed by atoms with Crippen LogP contribution < -0.4 is 10.6 Å². The predicted molar refractivity (Wildman–Crippen MR) is 140 cm³/mol. The highest BCUT2D eigenvalue weighted by Gasteiger charge is 2.32. The first-order valence-corrected chi connectivity index (χ1v) is 12.0. The lowest BCUT2D eigenvalue weighted by Gasteiger charge is -2.22. The smallest absolute Gasteiger partial charge is 0.323 e. The first-order valence-electron chi connectivity index (χ1n) is 12.0. The second-order valence-corrected chi connectivity index (χ2v) is 9.03. The highest BCUT2D eigenvalue weighted by molar-refractivity contribution is 6.37. The lowest BCUT2D eigenvalue weighted by molar-refractivity contribution is -0.384. The fourth-order valence-electron chi connectivity index (χ4n) is 4.89. The average molecular weight is 499 g/mol. The summed E-state index contributed by atoms with van der Waals surface area (Å²) in [7, 11) is 1.42. The quantitative estimate of drug-likeness (QED) is 0.211. The standard InChI is InChI=1S/C28H26N4O5/c1-37-28(34)24-8-5-15-31(24)17-18-9-11-20(12-10-18)29-26(19-6-3-2-4-7-19)25-22-16-21(32(35)36)13-14-23(22)30-27(25)33/h2-4,6-7,9-14,16,24,29H,5,8,15,17H2,1H3,(H,30,33). The molecule has 1 fully saturated rings. The molecule has 3 aromatic carbocycles. The molecule has 5 rings (SSSR count). The number of nitrogens with one attached hydrogen (secondary N) is 2. The molecule has 0 bridgehead atoms. The van der Waals surface area contributed by atoms with Crippen LogP contribution in [-0.2, 0) is 20.9 Å². The van der Waals surface area contributed by atoms with E-state index < -0.39 is 4.92 Å². The number of ether oxygens (including phenoxy) is 1. The Balaban J connectivity index is 1.46. The van der Waals surface area contributed by atoms with Gasteiger partial charge in [0.1, 0.15) is 6.04 Å². The summed E-state index contributed by atoms with van der Waals surface area (Å²) in [4.78, 5) is 38.2. The van der Waals surface area contributed by atoms with Gasteiger partial charge >= 0.3 is 5.97 Å². The molecule has 188 valence electrons. The number of hydrogen-bond acceptors (Lipinski definition) is 7. The molecular weight excluding hydrogens is 472 g/mol. The zero-order chi connectivity index (χ0) is 25.9. The Bertz CT molecular complexity index is 1390. The normalized spacial score (nSPS) is 18.2. The number of esters is 1. The van der Waals surface area contributed by atoms with Crippen molar-refractivity contribution < 1.29 is 19.2 Å². The average Bonchev–Trinajstić information content (AvgIpc) is 3.51. The molecule has 2 aliphatic rings. The van der Waals surface area contributed by atoms with Crippen LogP contribution in [0.4, 0.5) is 17.1 Å². The Kier molecular flexibility index (Phi) is 6.70. The van der Waals surface area contributed by atoms with Crippen LogP contribution >= 0.6 is 0 Å². The molecule has 1 atom stereocenters. The summed E-state index contributed by atoms with van der Waals surface area (Å²) < 4.78 is 4.94. The van der Waals surface area contributed by atoms with Gasteiger partial charge < -0.3 is 15.4 Å². The van der Waals surface area contributed by atoms with Gasteiger partial charge in [-0.15, -0.1) is 0 Å². The topological polar surface area (TPSA) is 114 Å². The Labute approximate surface area is 213 Å². The minimum absolute atomic E-state index is 0.0864. The van der Waals surface area contributed by atoms with E-state index in [9.17, 15) is 19.7 Å². The Morgan fingerprint density at radius 1 is 1.14 bits per heavy atom. The van der Waals surface area contributed by atoms with E-state index in [0.717, 1.165) is 36.2 Å². The summed E-state index contributed by atoms with van der Waals surface area (Å²) in [6.45, 7) is 1.47. The van der Waals surface area contributed by atoms with E-state index >= 15 is 0 Å². The van der Waals surface area contributed by atoms with E-state index in [1.165, 1.54) is 19.2 Å². The minimum Gasteiger partial charge on any atom is -0.468 e. The third-order valence-corrected chi connectivity index (χ3v) is 6.72. The van der Waals surface area contributed by atoms with Crippen molar-refractivity contribution in [1.82, 2.24) is 4.90 Å². The number of carbonyl (C=O) groups is 2. The maximum absolute atomic E-state index is 13.1. The van der Waals surface area contributed by atoms with Crippen LogP contribution in [0.15, 0.2) is 72.8 Å². The third kappa shape index (κ3) is 4.94. The van der Waals surface area contributed by atoms with Crippen LogP contribution in [0.5, 0.6) is 0 Å². The van der Waals surface area contributed by atoms with E-state index in [-0.39, 0.29) is 23.6 Å². The Morgan fingerprint density at radius 3 is 2.59 bits per heavy atom. The number of nitrogens with zero attached hydrogens (tertiary/aromatic N) is 2. The molecule has 2 aliphatic heterocycles. The van der Waals surface area contributed by atoms with Gasteiger partial charge in [-0.25, -0.2) is 0 Å². The second-order valence-electron chi connectivity index (χ2n) is 9.03. The van der Waals surface area contributed by atoms with Crippen LogP contribution in [-0.4, -0.2) is 41.4 Å². The number of nitro groups is 1. The second kappa shape index (κ2) is 10.2. The van der Waals surface area contributed by atoms with Crippen LogP contribution in [0.25, 0.3) is 11.3 Å². The molecule has 0 spiro atoms. The first-order chi connectivity index (χ1) is 17.9. The highest BCUT2D eigenvalue weighted by Crippen LogP contribution is 2.39. The van der Waals surface area contributed by atoms with Crippen molar-refractivity contribution in [2.24, 2.45) is 0 Å². The number of amides is 1. The van der Waals surface area contributed by atoms with Crippen molar-refractivity contribution in [2.75, 3.05) is 24.3 Å². The van der Waals surface area contributed by atoms with E-state index in [2.05, 4.69) is 15.5 Å². The molecule has 1 saturated heterocycles. The summed E-state index contributed by atoms with van der Waals surface area (Å²) >= 11 is 0. The highest BCUT2D eigenvalue weighted by atomic mass is 16.6. The molecular formula is C28H26N4O5. The number of non-ortho nitro benzene ring substituents is 1. The van der Waals surface area contributed by atoms with Gasteiger partial charge in [-0.05, 0) is 48.7 Å². The molecule has 2 heterocycles. The molecule has 0 radical (unpaired) electrons. The molecule has 3 aromatic rings. The number of hydrogen-bond donors (Lipinski definition) is 2. The molecule has 9 heteroatoms. The summed E-state index contributed by atoms with van der Waals surface area (Å²) in [5.74, 6) is -0.536. The summed E-state index contributed by atoms with van der Waals surface area (Å²) in [6.07, 6.45) is 1.75. The number of nitro benzene ring substituents is 1. The van der Waals surface area contributed by atoms with Crippen molar-refractivity contribution in [3.05, 3.63) is 99.6 Å². The maximum atomic E-state index is 13.1. The molecule has 0 aromatic heterocycles. The van der Waals surface area contributed by atoms with Crippen molar-refractivity contribution in [3.8, 4) is 0 Å². The van der Waals surface area contributed by atoms with Gasteiger partial charge in [-0.2, -0.15) is 0 Å². The SMILES string of the molecule is COC(=O)C1CCCN1Cc1ccc(NC(=C2C(=O)Nc3ccc([N+](=O)[O-])cc32)c2ccccc2)cc1. The van der Waals surface area contributed by atoms with Gasteiger partial charge in [0.2, 0.25) is 0 Å². The molecule has 9 nitrogen and oxygen atoms in total. The molecule has 1 unspecified atom stereocenters. The summed E-state index contributed by atoms with van der Waals surface area (Å²) in [6, 6.07) is 21.3. The lowest BCUT2D eigenvalue weighted by atomic mass is 9.99. The number of benzene rings is 3. The number of anilines is 2. The van der Waals surface area contributed by atoms with Gasteiger partial charge in [-0.1, -0.05) is 42.5 Å². The van der Waals surface area contributed by atoms with Gasteiger partial charge in [0.25, 0.3) is 11.6 Å². The number of carbonyl (C=O) groups excluding carboxylic acids is 2. The number of rotatable bonds is 7. The van der Waals surface area contributed by atoms with E-state index in [4.69, 9.17) is 4.74 Å². The Hall–Kier alpha value is -4.50. The fourth-order valence-corrected chi connectivity index (χ4v) is 4.89. The molecule has 2 N–H and O–H groups in total. The van der Waals surface area contributed by atoms with E-state index in [1.54, 1.807) is 6.07 Å². The van der Waals surface area contributed by atoms with Gasteiger partial charge in [0.15, 0.2) is 0 Å². The molecule has 0 aliphatic carbocycles. The van der Waals surface area contributed by atoms with Crippen LogP contribution in [0, 0.1) is 10.1 Å². The lowest BCUT2D eigenvalue weighted by Crippen LogP contribution is -2.36. The number of methoxy groups -OCH3 is 1. The van der Waals surface area contributed by atoms with Gasteiger partial charge in [0.05, 0.1) is 23.3 Å². The largest absolute Gasteiger partial charge is 0.468 e. The Morgan fingerprint density at radius 2 is 1.89 bits per heavy atom. The van der Waals surface area contributed by atoms with Crippen LogP contribution in [0.2, 0.25) is 0 Å². The summed E-state index contributed by atoms with van der Waals surface area (Å²) in [5.41, 5.74) is 4.39. The zero-order valence-electron chi connectivity index (χ0n) is 20.3. The zero-order valence-corrected chi connectivity index (χ0v) is 20.3. The van der Waals surface area contributed by atoms with Crippen molar-refractivity contribution in [1.29, 1.82) is 0 Å². The van der Waals surface area contributed by atoms with Crippen molar-refractivity contribution in [3.63, 3.8) is 0 Å². The number of fused-ring (bicyclic) bond motifs is 1.